The van der Waals surface area contributed by atoms with E-state index in [1.54, 1.807) is 35.2 Å². The smallest absolute Gasteiger partial charge is 0.296 e. The van der Waals surface area contributed by atoms with E-state index in [1.807, 2.05) is 26.0 Å². The molecule has 1 N–H and O–H groups in total. The van der Waals surface area contributed by atoms with Gasteiger partial charge in [-0.1, -0.05) is 25.1 Å². The normalized spacial score (nSPS) is 27.8. The Kier molecular flexibility index (Phi) is 5.60. The molecule has 0 radical (unpaired) electrons. The fourth-order valence-electron chi connectivity index (χ4n) is 6.27. The lowest BCUT2D eigenvalue weighted by molar-refractivity contribution is -0.145. The third kappa shape index (κ3) is 3.35. The van der Waals surface area contributed by atoms with Crippen LogP contribution in [0.2, 0.25) is 0 Å². The van der Waals surface area contributed by atoms with Crippen molar-refractivity contribution in [2.24, 2.45) is 0 Å². The highest BCUT2D eigenvalue weighted by molar-refractivity contribution is 6.50. The summed E-state index contributed by atoms with van der Waals surface area (Å²) >= 11 is 0. The molecule has 2 aromatic rings. The maximum atomic E-state index is 14.4. The lowest BCUT2D eigenvalue weighted by atomic mass is 9.81. The van der Waals surface area contributed by atoms with Crippen molar-refractivity contribution in [1.29, 1.82) is 0 Å². The molecule has 4 aliphatic rings. The number of fused-ring (bicyclic) bond motifs is 3. The van der Waals surface area contributed by atoms with E-state index in [0.29, 0.717) is 42.8 Å². The Labute approximate surface area is 215 Å². The number of Topliss-reactive ketones (excluding diaryl/α,β-unsaturated/α-hetero) is 1. The predicted molar refractivity (Wildman–Crippen MR) is 136 cm³/mol. The van der Waals surface area contributed by atoms with Crippen molar-refractivity contribution in [2.45, 2.75) is 57.3 Å². The van der Waals surface area contributed by atoms with Gasteiger partial charge >= 0.3 is 0 Å². The third-order valence-electron chi connectivity index (χ3n) is 7.84. The average Bonchev–Trinajstić information content (AvgIpc) is 3.64. The monoisotopic (exact) mass is 502 g/mol. The predicted octanol–water partition coefficient (Wildman–Crippen LogP) is 3.52. The lowest BCUT2D eigenvalue weighted by Crippen LogP contribution is -2.53. The Morgan fingerprint density at radius 1 is 1.16 bits per heavy atom. The number of hydrogen-bond donors (Lipinski definition) is 1. The number of ketones is 1. The molecule has 0 aliphatic carbocycles. The van der Waals surface area contributed by atoms with Crippen LogP contribution in [0.1, 0.15) is 49.8 Å². The highest BCUT2D eigenvalue weighted by atomic mass is 16.5. The molecule has 8 nitrogen and oxygen atoms in total. The summed E-state index contributed by atoms with van der Waals surface area (Å²) in [4.78, 5) is 44.8. The Balaban J connectivity index is 1.59. The van der Waals surface area contributed by atoms with Gasteiger partial charge in [0, 0.05) is 37.2 Å². The quantitative estimate of drug-likeness (QED) is 0.382. The maximum Gasteiger partial charge on any atom is 0.296 e. The number of likely N-dealkylation sites (tertiary alicyclic amines) is 1. The van der Waals surface area contributed by atoms with E-state index in [-0.39, 0.29) is 30.1 Å². The number of nitrogens with zero attached hydrogens (tertiary/aromatic N) is 2. The number of aliphatic hydroxyl groups is 1. The summed E-state index contributed by atoms with van der Waals surface area (Å²) in [5.74, 6) is -1.67. The molecule has 2 amide bonds. The molecule has 4 aliphatic heterocycles. The zero-order valence-electron chi connectivity index (χ0n) is 21.0. The molecule has 0 unspecified atom stereocenters. The first-order chi connectivity index (χ1) is 17.9. The van der Waals surface area contributed by atoms with Crippen LogP contribution in [0, 0.1) is 0 Å². The minimum Gasteiger partial charge on any atom is -0.507 e. The van der Waals surface area contributed by atoms with E-state index in [9.17, 15) is 19.5 Å². The summed E-state index contributed by atoms with van der Waals surface area (Å²) in [5.41, 5.74) is 0.535. The van der Waals surface area contributed by atoms with E-state index >= 15 is 0 Å². The van der Waals surface area contributed by atoms with Crippen LogP contribution < -0.4 is 9.64 Å². The van der Waals surface area contributed by atoms with Crippen molar-refractivity contribution in [3.63, 3.8) is 0 Å². The van der Waals surface area contributed by atoms with Gasteiger partial charge < -0.3 is 24.4 Å². The van der Waals surface area contributed by atoms with E-state index < -0.39 is 23.1 Å². The SMILES string of the molecule is CCCN1C(=O)[C@@]2(C(=C(O)c3ccc4c(c3)C[C@H](C)O4)C(=O)C(=O)N2C[C@@H]2CCCO2)c2ccccc21. The number of anilines is 1. The number of amides is 2. The molecular formula is C29H30N2O6. The number of rotatable bonds is 5. The molecule has 2 fully saturated rings. The molecule has 2 aromatic carbocycles. The van der Waals surface area contributed by atoms with E-state index in [0.717, 1.165) is 24.2 Å². The van der Waals surface area contributed by atoms with Gasteiger partial charge in [-0.15, -0.1) is 0 Å². The highest BCUT2D eigenvalue weighted by Crippen LogP contribution is 2.54. The minimum absolute atomic E-state index is 0.00821. The number of carbonyl (C=O) groups is 3. The third-order valence-corrected chi connectivity index (χ3v) is 7.84. The Morgan fingerprint density at radius 2 is 1.97 bits per heavy atom. The molecule has 0 saturated carbocycles. The van der Waals surface area contributed by atoms with Gasteiger partial charge in [-0.05, 0) is 56.0 Å². The molecule has 0 bridgehead atoms. The van der Waals surface area contributed by atoms with Crippen LogP contribution in [0.3, 0.4) is 0 Å². The van der Waals surface area contributed by atoms with Gasteiger partial charge in [0.05, 0.1) is 17.4 Å². The van der Waals surface area contributed by atoms with Crippen LogP contribution in [-0.4, -0.2) is 59.5 Å². The van der Waals surface area contributed by atoms with Gasteiger partial charge in [-0.2, -0.15) is 0 Å². The first kappa shape index (κ1) is 23.7. The van der Waals surface area contributed by atoms with Crippen molar-refractivity contribution in [3.8, 4) is 5.75 Å². The fraction of sp³-hybridized carbons (Fsp3) is 0.414. The number of para-hydroxylation sites is 1. The molecule has 6 rings (SSSR count). The summed E-state index contributed by atoms with van der Waals surface area (Å²) in [6.07, 6.45) is 2.67. The van der Waals surface area contributed by atoms with E-state index in [1.165, 1.54) is 4.90 Å². The molecular weight excluding hydrogens is 472 g/mol. The maximum absolute atomic E-state index is 14.4. The van der Waals surface area contributed by atoms with Crippen LogP contribution in [0.4, 0.5) is 5.69 Å². The van der Waals surface area contributed by atoms with Crippen LogP contribution in [0.25, 0.3) is 5.76 Å². The largest absolute Gasteiger partial charge is 0.507 e. The fourth-order valence-corrected chi connectivity index (χ4v) is 6.27. The van der Waals surface area contributed by atoms with Gasteiger partial charge in [0.1, 0.15) is 17.6 Å². The standard InChI is InChI=1S/C29H30N2O6/c1-3-12-30-22-9-5-4-8-21(22)29(28(30)35)24(26(33)27(34)31(29)16-20-7-6-13-36-20)25(32)18-10-11-23-19(15-18)14-17(2)37-23/h4-5,8-11,15,17,20,32H,3,6-7,12-14,16H2,1-2H3/t17-,20-,29-/m0/s1. The van der Waals surface area contributed by atoms with E-state index in [2.05, 4.69) is 0 Å². The second kappa shape index (κ2) is 8.73. The van der Waals surface area contributed by atoms with Crippen LogP contribution in [0.5, 0.6) is 5.75 Å². The van der Waals surface area contributed by atoms with Gasteiger partial charge in [0.25, 0.3) is 17.6 Å². The van der Waals surface area contributed by atoms with E-state index in [4.69, 9.17) is 9.47 Å². The molecule has 192 valence electrons. The van der Waals surface area contributed by atoms with Gasteiger partial charge in [0.15, 0.2) is 5.54 Å². The molecule has 0 aromatic heterocycles. The topological polar surface area (TPSA) is 96.4 Å². The number of aliphatic hydroxyl groups excluding tert-OH is 1. The molecule has 2 saturated heterocycles. The molecule has 1 spiro atoms. The zero-order chi connectivity index (χ0) is 25.9. The van der Waals surface area contributed by atoms with Crippen LogP contribution in [-0.2, 0) is 31.1 Å². The molecule has 3 atom stereocenters. The number of carbonyl (C=O) groups excluding carboxylic acids is 3. The molecule has 8 heteroatoms. The summed E-state index contributed by atoms with van der Waals surface area (Å²) in [7, 11) is 0. The number of hydrogen-bond acceptors (Lipinski definition) is 6. The van der Waals surface area contributed by atoms with Crippen molar-refractivity contribution in [2.75, 3.05) is 24.6 Å². The average molecular weight is 503 g/mol. The van der Waals surface area contributed by atoms with Crippen LogP contribution in [0.15, 0.2) is 48.0 Å². The van der Waals surface area contributed by atoms with Crippen molar-refractivity contribution in [3.05, 3.63) is 64.7 Å². The molecule has 37 heavy (non-hydrogen) atoms. The minimum atomic E-state index is -1.75. The Bertz CT molecular complexity index is 1340. The highest BCUT2D eigenvalue weighted by Gasteiger charge is 2.67. The Morgan fingerprint density at radius 3 is 2.73 bits per heavy atom. The number of benzene rings is 2. The summed E-state index contributed by atoms with van der Waals surface area (Å²) in [6, 6.07) is 12.5. The molecule has 4 heterocycles. The van der Waals surface area contributed by atoms with Gasteiger partial charge in [0.2, 0.25) is 0 Å². The first-order valence-electron chi connectivity index (χ1n) is 13.0. The number of ether oxygens (including phenoxy) is 2. The van der Waals surface area contributed by atoms with Gasteiger partial charge in [-0.3, -0.25) is 14.4 Å². The Hall–Kier alpha value is -3.65. The lowest BCUT2D eigenvalue weighted by Gasteiger charge is -2.35. The van der Waals surface area contributed by atoms with Crippen LogP contribution >= 0.6 is 0 Å². The van der Waals surface area contributed by atoms with Gasteiger partial charge in [-0.25, -0.2) is 0 Å². The zero-order valence-corrected chi connectivity index (χ0v) is 21.0. The summed E-state index contributed by atoms with van der Waals surface area (Å²) < 4.78 is 11.6. The second-order valence-corrected chi connectivity index (χ2v) is 10.2. The van der Waals surface area contributed by atoms with Crippen molar-refractivity contribution >= 4 is 29.0 Å². The second-order valence-electron chi connectivity index (χ2n) is 10.2. The summed E-state index contributed by atoms with van der Waals surface area (Å²) in [6.45, 7) is 5.03. The first-order valence-corrected chi connectivity index (χ1v) is 13.0. The van der Waals surface area contributed by atoms with Crippen molar-refractivity contribution in [1.82, 2.24) is 4.90 Å². The van der Waals surface area contributed by atoms with Crippen molar-refractivity contribution < 1.29 is 29.0 Å². The summed E-state index contributed by atoms with van der Waals surface area (Å²) in [5, 5.41) is 11.7.